The highest BCUT2D eigenvalue weighted by Crippen LogP contribution is 2.22. The smallest absolute Gasteiger partial charge is 0.0719 e. The third-order valence-electron chi connectivity index (χ3n) is 1.98. The molecular formula is C10H10Cl3N3. The van der Waals surface area contributed by atoms with Gasteiger partial charge in [0.1, 0.15) is 0 Å². The molecule has 1 aromatic heterocycles. The molecule has 1 aromatic carbocycles. The summed E-state index contributed by atoms with van der Waals surface area (Å²) in [5.74, 6) is 0. The second-order valence-electron chi connectivity index (χ2n) is 3.22. The van der Waals surface area contributed by atoms with E-state index in [1.807, 2.05) is 12.1 Å². The van der Waals surface area contributed by atoms with Crippen LogP contribution in [0, 0.1) is 0 Å². The van der Waals surface area contributed by atoms with E-state index in [4.69, 9.17) is 28.9 Å². The standard InChI is InChI=1S/C10H9Cl2N3.ClH/c11-9-2-1-7(3-10(9)12)5-15-6-8(13)4-14-15;/h1-4,6H,5,13H2;1H. The summed E-state index contributed by atoms with van der Waals surface area (Å²) in [6, 6.07) is 5.50. The number of nitrogen functional groups attached to an aromatic ring is 1. The Morgan fingerprint density at radius 2 is 2.00 bits per heavy atom. The number of hydrogen-bond donors (Lipinski definition) is 1. The van der Waals surface area contributed by atoms with Crippen molar-refractivity contribution in [2.75, 3.05) is 5.73 Å². The summed E-state index contributed by atoms with van der Waals surface area (Å²) in [5, 5.41) is 5.18. The molecule has 0 saturated carbocycles. The molecule has 2 N–H and O–H groups in total. The number of aromatic nitrogens is 2. The van der Waals surface area contributed by atoms with Crippen LogP contribution in [0.2, 0.25) is 10.0 Å². The highest BCUT2D eigenvalue weighted by molar-refractivity contribution is 6.42. The van der Waals surface area contributed by atoms with Gasteiger partial charge in [-0.25, -0.2) is 0 Å². The van der Waals surface area contributed by atoms with Gasteiger partial charge in [-0.05, 0) is 17.7 Å². The minimum Gasteiger partial charge on any atom is -0.396 e. The Bertz CT molecular complexity index is 482. The summed E-state index contributed by atoms with van der Waals surface area (Å²) in [6.07, 6.45) is 3.38. The normalized spacial score (nSPS) is 9.88. The van der Waals surface area contributed by atoms with Crippen LogP contribution in [0.1, 0.15) is 5.56 Å². The van der Waals surface area contributed by atoms with Crippen LogP contribution >= 0.6 is 35.6 Å². The van der Waals surface area contributed by atoms with Crippen molar-refractivity contribution in [3.63, 3.8) is 0 Å². The molecule has 0 amide bonds. The summed E-state index contributed by atoms with van der Waals surface area (Å²) < 4.78 is 1.74. The number of halogens is 3. The van der Waals surface area contributed by atoms with Crippen LogP contribution in [-0.2, 0) is 6.54 Å². The molecule has 0 unspecified atom stereocenters. The first kappa shape index (κ1) is 13.2. The molecule has 0 aliphatic carbocycles. The topological polar surface area (TPSA) is 43.8 Å². The van der Waals surface area contributed by atoms with Crippen LogP contribution in [0.5, 0.6) is 0 Å². The van der Waals surface area contributed by atoms with Gasteiger partial charge in [-0.15, -0.1) is 12.4 Å². The molecule has 6 heteroatoms. The molecule has 1 heterocycles. The van der Waals surface area contributed by atoms with E-state index in [-0.39, 0.29) is 12.4 Å². The van der Waals surface area contributed by atoms with E-state index in [0.29, 0.717) is 22.3 Å². The maximum absolute atomic E-state index is 5.90. The summed E-state index contributed by atoms with van der Waals surface area (Å²) in [7, 11) is 0. The molecule has 2 aromatic rings. The lowest BCUT2D eigenvalue weighted by atomic mass is 10.2. The fourth-order valence-corrected chi connectivity index (χ4v) is 1.61. The lowest BCUT2D eigenvalue weighted by Gasteiger charge is -2.03. The Morgan fingerprint density at radius 3 is 2.56 bits per heavy atom. The van der Waals surface area contributed by atoms with E-state index in [1.54, 1.807) is 23.1 Å². The number of anilines is 1. The SMILES string of the molecule is Cl.Nc1cnn(Cc2ccc(Cl)c(Cl)c2)c1. The molecule has 86 valence electrons. The van der Waals surface area contributed by atoms with E-state index in [1.165, 1.54) is 0 Å². The fourth-order valence-electron chi connectivity index (χ4n) is 1.29. The van der Waals surface area contributed by atoms with Crippen LogP contribution in [0.3, 0.4) is 0 Å². The van der Waals surface area contributed by atoms with Crippen LogP contribution in [0.4, 0.5) is 5.69 Å². The molecule has 0 atom stereocenters. The van der Waals surface area contributed by atoms with E-state index in [9.17, 15) is 0 Å². The van der Waals surface area contributed by atoms with Gasteiger partial charge in [0, 0.05) is 6.20 Å². The fraction of sp³-hybridized carbons (Fsp3) is 0.100. The average molecular weight is 279 g/mol. The molecule has 0 bridgehead atoms. The number of nitrogens with zero attached hydrogens (tertiary/aromatic N) is 2. The molecule has 2 rings (SSSR count). The van der Waals surface area contributed by atoms with Crippen molar-refractivity contribution in [3.05, 3.63) is 46.2 Å². The second kappa shape index (κ2) is 5.43. The van der Waals surface area contributed by atoms with Crippen molar-refractivity contribution in [2.45, 2.75) is 6.54 Å². The molecule has 3 nitrogen and oxygen atoms in total. The zero-order valence-corrected chi connectivity index (χ0v) is 10.6. The minimum atomic E-state index is 0. The van der Waals surface area contributed by atoms with Gasteiger partial charge < -0.3 is 5.73 Å². The molecule has 0 spiro atoms. The number of benzene rings is 1. The maximum Gasteiger partial charge on any atom is 0.0719 e. The first-order valence-corrected chi connectivity index (χ1v) is 5.12. The van der Waals surface area contributed by atoms with Crippen LogP contribution in [0.25, 0.3) is 0 Å². The van der Waals surface area contributed by atoms with Gasteiger partial charge in [0.25, 0.3) is 0 Å². The van der Waals surface area contributed by atoms with E-state index >= 15 is 0 Å². The van der Waals surface area contributed by atoms with Crippen molar-refractivity contribution >= 4 is 41.3 Å². The Balaban J connectivity index is 0.00000128. The Hall–Kier alpha value is -0.900. The van der Waals surface area contributed by atoms with Crippen LogP contribution in [0.15, 0.2) is 30.6 Å². The van der Waals surface area contributed by atoms with Gasteiger partial charge in [0.15, 0.2) is 0 Å². The minimum absolute atomic E-state index is 0. The number of rotatable bonds is 2. The molecule has 0 aliphatic heterocycles. The van der Waals surface area contributed by atoms with E-state index in [2.05, 4.69) is 5.10 Å². The first-order valence-electron chi connectivity index (χ1n) is 4.37. The van der Waals surface area contributed by atoms with E-state index in [0.717, 1.165) is 5.56 Å². The maximum atomic E-state index is 5.90. The molecule has 0 fully saturated rings. The zero-order chi connectivity index (χ0) is 10.8. The molecule has 0 aliphatic rings. The van der Waals surface area contributed by atoms with E-state index < -0.39 is 0 Å². The van der Waals surface area contributed by atoms with Gasteiger partial charge in [0.05, 0.1) is 28.5 Å². The zero-order valence-electron chi connectivity index (χ0n) is 8.23. The predicted molar refractivity (Wildman–Crippen MR) is 69.5 cm³/mol. The Labute approximate surface area is 110 Å². The highest BCUT2D eigenvalue weighted by Gasteiger charge is 2.01. The number of hydrogen-bond acceptors (Lipinski definition) is 2. The summed E-state index contributed by atoms with van der Waals surface area (Å²) in [5.41, 5.74) is 7.24. The Kier molecular flexibility index (Phi) is 4.47. The largest absolute Gasteiger partial charge is 0.396 e. The summed E-state index contributed by atoms with van der Waals surface area (Å²) in [6.45, 7) is 0.633. The lowest BCUT2D eigenvalue weighted by Crippen LogP contribution is -1.99. The molecular weight excluding hydrogens is 268 g/mol. The Morgan fingerprint density at radius 1 is 1.25 bits per heavy atom. The van der Waals surface area contributed by atoms with Crippen molar-refractivity contribution in [3.8, 4) is 0 Å². The van der Waals surface area contributed by atoms with Crippen molar-refractivity contribution in [1.82, 2.24) is 9.78 Å². The van der Waals surface area contributed by atoms with Crippen LogP contribution < -0.4 is 5.73 Å². The molecule has 16 heavy (non-hydrogen) atoms. The first-order chi connectivity index (χ1) is 7.15. The van der Waals surface area contributed by atoms with Gasteiger partial charge in [0.2, 0.25) is 0 Å². The lowest BCUT2D eigenvalue weighted by molar-refractivity contribution is 0.687. The molecule has 0 radical (unpaired) electrons. The predicted octanol–water partition coefficient (Wildman–Crippen LogP) is 3.24. The van der Waals surface area contributed by atoms with Crippen molar-refractivity contribution < 1.29 is 0 Å². The van der Waals surface area contributed by atoms with Crippen LogP contribution in [-0.4, -0.2) is 9.78 Å². The van der Waals surface area contributed by atoms with Gasteiger partial charge in [-0.1, -0.05) is 29.3 Å². The average Bonchev–Trinajstić information content (AvgIpc) is 2.58. The van der Waals surface area contributed by atoms with Crippen molar-refractivity contribution in [1.29, 1.82) is 0 Å². The van der Waals surface area contributed by atoms with Gasteiger partial charge in [-0.3, -0.25) is 4.68 Å². The summed E-state index contributed by atoms with van der Waals surface area (Å²) in [4.78, 5) is 0. The third-order valence-corrected chi connectivity index (χ3v) is 2.72. The van der Waals surface area contributed by atoms with Gasteiger partial charge >= 0.3 is 0 Å². The monoisotopic (exact) mass is 277 g/mol. The third kappa shape index (κ3) is 3.04. The highest BCUT2D eigenvalue weighted by atomic mass is 35.5. The second-order valence-corrected chi connectivity index (χ2v) is 4.03. The quantitative estimate of drug-likeness (QED) is 0.916. The molecule has 0 saturated heterocycles. The number of nitrogens with two attached hydrogens (primary N) is 1. The van der Waals surface area contributed by atoms with Gasteiger partial charge in [-0.2, -0.15) is 5.10 Å². The van der Waals surface area contributed by atoms with Crippen molar-refractivity contribution in [2.24, 2.45) is 0 Å². The summed E-state index contributed by atoms with van der Waals surface area (Å²) >= 11 is 11.7.